The van der Waals surface area contributed by atoms with Crippen molar-refractivity contribution < 1.29 is 21.1 Å². The molecule has 0 aliphatic carbocycles. The van der Waals surface area contributed by atoms with Gasteiger partial charge in [0.15, 0.2) is 0 Å². The van der Waals surface area contributed by atoms with Gasteiger partial charge in [-0.25, -0.2) is 0 Å². The van der Waals surface area contributed by atoms with Crippen LogP contribution in [-0.4, -0.2) is 11.5 Å². The topological polar surface area (TPSA) is 0 Å². The normalized spacial score (nSPS) is 27.0. The molecule has 1 unspecified atom stereocenters. The third-order valence-electron chi connectivity index (χ3n) is 1.62. The van der Waals surface area contributed by atoms with Crippen LogP contribution in [0.5, 0.6) is 0 Å². The summed E-state index contributed by atoms with van der Waals surface area (Å²) in [5.74, 6) is 3.65. The summed E-state index contributed by atoms with van der Waals surface area (Å²) in [6.45, 7) is 2.27. The predicted octanol–water partition coefficient (Wildman–Crippen LogP) is 2.35. The van der Waals surface area contributed by atoms with Crippen molar-refractivity contribution in [3.8, 4) is 0 Å². The Morgan fingerprint density at radius 3 is 2.78 bits per heavy atom. The Balaban J connectivity index is 0.000000640. The maximum Gasteiger partial charge on any atom is 0 e. The monoisotopic (exact) mass is 313 g/mol. The van der Waals surface area contributed by atoms with Gasteiger partial charge in [-0.2, -0.15) is 24.1 Å². The first-order chi connectivity index (χ1) is 3.93. The summed E-state index contributed by atoms with van der Waals surface area (Å²) in [6, 6.07) is 0. The number of hydrogen-bond acceptors (Lipinski definition) is 1. The number of rotatable bonds is 1. The van der Waals surface area contributed by atoms with E-state index in [2.05, 4.69) is 25.1 Å². The zero-order chi connectivity index (χ0) is 5.82. The molecule has 0 spiro atoms. The zero-order valence-corrected chi connectivity index (χ0v) is 9.55. The Hall–Kier alpha value is 1.04. The first-order valence-corrected chi connectivity index (χ1v) is 4.50. The molecule has 0 saturated carbocycles. The number of hydrogen-bond donors (Lipinski definition) is 0. The Kier molecular flexibility index (Phi) is 6.46. The Morgan fingerprint density at radius 2 is 2.44 bits per heavy atom. The van der Waals surface area contributed by atoms with Gasteiger partial charge in [-0.1, -0.05) is 13.3 Å². The molecule has 1 rings (SSSR count). The third-order valence-corrected chi connectivity index (χ3v) is 2.81. The van der Waals surface area contributed by atoms with Crippen LogP contribution >= 0.6 is 11.8 Å². The van der Waals surface area contributed by atoms with Crippen LogP contribution in [0.15, 0.2) is 0 Å². The minimum absolute atomic E-state index is 0. The largest absolute Gasteiger partial charge is 0.324 e. The summed E-state index contributed by atoms with van der Waals surface area (Å²) < 4.78 is 0. The summed E-state index contributed by atoms with van der Waals surface area (Å²) in [5, 5.41) is 0. The van der Waals surface area contributed by atoms with E-state index in [4.69, 9.17) is 0 Å². The van der Waals surface area contributed by atoms with E-state index < -0.39 is 0 Å². The molecule has 0 N–H and O–H groups in total. The van der Waals surface area contributed by atoms with Crippen molar-refractivity contribution in [1.29, 1.82) is 0 Å². The van der Waals surface area contributed by atoms with Gasteiger partial charge in [-0.05, 0) is 11.5 Å². The fourth-order valence-corrected chi connectivity index (χ4v) is 2.12. The van der Waals surface area contributed by atoms with Gasteiger partial charge in [0, 0.05) is 21.1 Å². The summed E-state index contributed by atoms with van der Waals surface area (Å²) in [4.78, 5) is 0. The van der Waals surface area contributed by atoms with Gasteiger partial charge in [0.2, 0.25) is 0 Å². The fraction of sp³-hybridized carbons (Fsp3) is 0.857. The maximum absolute atomic E-state index is 2.47. The average molecular weight is 313 g/mol. The SMILES string of the molecule is CCC1[CH-]CCSC1.[W]. The molecule has 9 heavy (non-hydrogen) atoms. The van der Waals surface area contributed by atoms with Crippen LogP contribution in [0.25, 0.3) is 0 Å². The second-order valence-corrected chi connectivity index (χ2v) is 3.42. The van der Waals surface area contributed by atoms with E-state index in [1.54, 1.807) is 0 Å². The average Bonchev–Trinajstić information content (AvgIpc) is 1.90. The van der Waals surface area contributed by atoms with Crippen molar-refractivity contribution in [1.82, 2.24) is 0 Å². The van der Waals surface area contributed by atoms with Crippen LogP contribution in [0, 0.1) is 12.3 Å². The molecule has 1 atom stereocenters. The first kappa shape index (κ1) is 10.0. The van der Waals surface area contributed by atoms with Gasteiger partial charge in [0.05, 0.1) is 0 Å². The van der Waals surface area contributed by atoms with Gasteiger partial charge >= 0.3 is 0 Å². The van der Waals surface area contributed by atoms with E-state index in [9.17, 15) is 0 Å². The van der Waals surface area contributed by atoms with Crippen molar-refractivity contribution in [3.63, 3.8) is 0 Å². The van der Waals surface area contributed by atoms with Crippen molar-refractivity contribution in [2.75, 3.05) is 11.5 Å². The molecular weight excluding hydrogens is 300 g/mol. The van der Waals surface area contributed by atoms with Gasteiger partial charge in [-0.15, -0.1) is 0 Å². The molecule has 1 heterocycles. The standard InChI is InChI=1S/C7H13S.W/c1-2-7-4-3-5-8-6-7;/h4,7H,2-3,5-6H2,1H3;/q-1;. The van der Waals surface area contributed by atoms with Crippen molar-refractivity contribution in [2.24, 2.45) is 5.92 Å². The molecule has 0 aromatic carbocycles. The smallest absolute Gasteiger partial charge is 0 e. The van der Waals surface area contributed by atoms with Crippen LogP contribution in [0.4, 0.5) is 0 Å². The summed E-state index contributed by atoms with van der Waals surface area (Å²) in [5.41, 5.74) is 0. The van der Waals surface area contributed by atoms with Crippen LogP contribution in [-0.2, 0) is 21.1 Å². The van der Waals surface area contributed by atoms with E-state index in [1.807, 2.05) is 0 Å². The van der Waals surface area contributed by atoms with Crippen LogP contribution in [0.1, 0.15) is 19.8 Å². The Bertz CT molecular complexity index is 59.9. The molecule has 0 aromatic heterocycles. The molecule has 0 radical (unpaired) electrons. The van der Waals surface area contributed by atoms with Crippen LogP contribution in [0.3, 0.4) is 0 Å². The van der Waals surface area contributed by atoms with Gasteiger partial charge in [0.25, 0.3) is 0 Å². The predicted molar refractivity (Wildman–Crippen MR) is 40.0 cm³/mol. The Labute approximate surface area is 76.4 Å². The molecule has 0 bridgehead atoms. The minimum Gasteiger partial charge on any atom is -0.324 e. The second kappa shape index (κ2) is 5.80. The summed E-state index contributed by atoms with van der Waals surface area (Å²) in [6.07, 6.45) is 5.15. The molecule has 1 aliphatic heterocycles. The van der Waals surface area contributed by atoms with Crippen molar-refractivity contribution in [3.05, 3.63) is 6.42 Å². The van der Waals surface area contributed by atoms with Gasteiger partial charge < -0.3 is 6.42 Å². The van der Waals surface area contributed by atoms with Gasteiger partial charge in [-0.3, -0.25) is 0 Å². The fourth-order valence-electron chi connectivity index (χ4n) is 0.974. The van der Waals surface area contributed by atoms with Crippen LogP contribution < -0.4 is 0 Å². The van der Waals surface area contributed by atoms with E-state index >= 15 is 0 Å². The first-order valence-electron chi connectivity index (χ1n) is 3.34. The summed E-state index contributed by atoms with van der Waals surface area (Å²) >= 11 is 2.10. The molecule has 2 heteroatoms. The molecule has 0 amide bonds. The van der Waals surface area contributed by atoms with Crippen molar-refractivity contribution in [2.45, 2.75) is 19.8 Å². The quantitative estimate of drug-likeness (QED) is 0.670. The van der Waals surface area contributed by atoms with E-state index in [1.165, 1.54) is 24.3 Å². The minimum atomic E-state index is 0. The van der Waals surface area contributed by atoms with Crippen LogP contribution in [0.2, 0.25) is 0 Å². The molecule has 1 fully saturated rings. The van der Waals surface area contributed by atoms with Crippen molar-refractivity contribution >= 4 is 11.8 Å². The number of thioether (sulfide) groups is 1. The van der Waals surface area contributed by atoms with E-state index in [0.717, 1.165) is 5.92 Å². The molecule has 0 aromatic rings. The van der Waals surface area contributed by atoms with E-state index in [-0.39, 0.29) is 21.1 Å². The second-order valence-electron chi connectivity index (χ2n) is 2.27. The molecule has 1 aliphatic rings. The molecule has 0 nitrogen and oxygen atoms in total. The van der Waals surface area contributed by atoms with Gasteiger partial charge in [0.1, 0.15) is 0 Å². The molecule has 1 saturated heterocycles. The summed E-state index contributed by atoms with van der Waals surface area (Å²) in [7, 11) is 0. The maximum atomic E-state index is 2.47. The zero-order valence-electron chi connectivity index (χ0n) is 5.80. The Morgan fingerprint density at radius 1 is 1.67 bits per heavy atom. The molecular formula is C7H13SW-. The molecule has 54 valence electrons. The third kappa shape index (κ3) is 3.67. The van der Waals surface area contributed by atoms with E-state index in [0.29, 0.717) is 0 Å².